The highest BCUT2D eigenvalue weighted by Crippen LogP contribution is 2.08. The largest absolute Gasteiger partial charge is 0.458 e. The van der Waals surface area contributed by atoms with E-state index < -0.39 is 17.6 Å². The van der Waals surface area contributed by atoms with Gasteiger partial charge in [-0.15, -0.1) is 0 Å². The Balaban J connectivity index is 2.52. The Kier molecular flexibility index (Phi) is 3.88. The monoisotopic (exact) mass is 239 g/mol. The van der Waals surface area contributed by atoms with Gasteiger partial charge in [0.15, 0.2) is 0 Å². The summed E-state index contributed by atoms with van der Waals surface area (Å²) < 4.78 is 5.14. The first-order valence-electron chi connectivity index (χ1n) is 5.32. The predicted molar refractivity (Wildman–Crippen MR) is 61.4 cm³/mol. The van der Waals surface area contributed by atoms with Crippen molar-refractivity contribution in [2.45, 2.75) is 39.3 Å². The quantitative estimate of drug-likeness (QED) is 0.766. The molecular formula is C11H17N3O3. The number of nitrogens with zero attached hydrogens (tertiary/aromatic N) is 1. The molecular weight excluding hydrogens is 222 g/mol. The van der Waals surface area contributed by atoms with E-state index in [1.165, 1.54) is 12.4 Å². The smallest absolute Gasteiger partial charge is 0.328 e. The second kappa shape index (κ2) is 4.99. The average Bonchev–Trinajstić information content (AvgIpc) is 2.67. The summed E-state index contributed by atoms with van der Waals surface area (Å²) >= 11 is 0. The molecule has 6 nitrogen and oxygen atoms in total. The second-order valence-corrected chi connectivity index (χ2v) is 4.72. The number of amides is 1. The summed E-state index contributed by atoms with van der Waals surface area (Å²) in [6, 6.07) is -0.698. The van der Waals surface area contributed by atoms with Gasteiger partial charge < -0.3 is 10.1 Å². The van der Waals surface area contributed by atoms with Crippen LogP contribution in [-0.4, -0.2) is 33.7 Å². The molecule has 0 saturated carbocycles. The molecule has 1 amide bonds. The van der Waals surface area contributed by atoms with Crippen LogP contribution < -0.4 is 5.32 Å². The van der Waals surface area contributed by atoms with Gasteiger partial charge in [-0.3, -0.25) is 9.89 Å². The number of ether oxygens (including phenoxy) is 1. The molecule has 0 fully saturated rings. The molecule has 1 atom stereocenters. The highest BCUT2D eigenvalue weighted by atomic mass is 16.6. The zero-order valence-electron chi connectivity index (χ0n) is 10.4. The normalized spacial score (nSPS) is 12.9. The maximum Gasteiger partial charge on any atom is 0.328 e. The lowest BCUT2D eigenvalue weighted by atomic mass is 10.2. The Hall–Kier alpha value is -1.85. The minimum atomic E-state index is -0.698. The number of aromatic nitrogens is 2. The fourth-order valence-corrected chi connectivity index (χ4v) is 1.10. The molecule has 6 heteroatoms. The van der Waals surface area contributed by atoms with E-state index in [1.54, 1.807) is 27.7 Å². The van der Waals surface area contributed by atoms with Crippen LogP contribution in [0.15, 0.2) is 12.4 Å². The Morgan fingerprint density at radius 1 is 1.47 bits per heavy atom. The molecule has 1 aromatic heterocycles. The summed E-state index contributed by atoms with van der Waals surface area (Å²) in [6.07, 6.45) is 2.84. The Labute approximate surface area is 99.7 Å². The predicted octanol–water partition coefficient (Wildman–Crippen LogP) is 0.870. The van der Waals surface area contributed by atoms with Crippen LogP contribution in [0, 0.1) is 0 Å². The van der Waals surface area contributed by atoms with E-state index in [2.05, 4.69) is 15.5 Å². The number of esters is 1. The number of rotatable bonds is 3. The fraction of sp³-hybridized carbons (Fsp3) is 0.545. The SMILES string of the molecule is C[C@@H](NC(=O)c1cn[nH]c1)C(=O)OC(C)(C)C. The van der Waals surface area contributed by atoms with Gasteiger partial charge in [0, 0.05) is 6.20 Å². The van der Waals surface area contributed by atoms with Crippen molar-refractivity contribution in [2.75, 3.05) is 0 Å². The van der Waals surface area contributed by atoms with E-state index in [0.717, 1.165) is 0 Å². The minimum Gasteiger partial charge on any atom is -0.458 e. The van der Waals surface area contributed by atoms with Gasteiger partial charge in [-0.25, -0.2) is 4.79 Å². The van der Waals surface area contributed by atoms with Crippen LogP contribution in [0.1, 0.15) is 38.1 Å². The van der Waals surface area contributed by atoms with Crippen LogP contribution in [0.4, 0.5) is 0 Å². The lowest BCUT2D eigenvalue weighted by molar-refractivity contribution is -0.156. The number of H-pyrrole nitrogens is 1. The number of nitrogens with one attached hydrogen (secondary N) is 2. The zero-order chi connectivity index (χ0) is 13.1. The van der Waals surface area contributed by atoms with E-state index in [1.807, 2.05) is 0 Å². The number of hydrogen-bond donors (Lipinski definition) is 2. The number of carbonyl (C=O) groups is 2. The average molecular weight is 239 g/mol. The number of carbonyl (C=O) groups excluding carboxylic acids is 2. The third kappa shape index (κ3) is 4.26. The molecule has 0 spiro atoms. The van der Waals surface area contributed by atoms with Gasteiger partial charge in [-0.1, -0.05) is 0 Å². The molecule has 0 saturated heterocycles. The van der Waals surface area contributed by atoms with Crippen molar-refractivity contribution in [1.29, 1.82) is 0 Å². The summed E-state index contributed by atoms with van der Waals surface area (Å²) in [5, 5.41) is 8.71. The van der Waals surface area contributed by atoms with Crippen LogP contribution in [-0.2, 0) is 9.53 Å². The Morgan fingerprint density at radius 2 is 2.12 bits per heavy atom. The highest BCUT2D eigenvalue weighted by molar-refractivity contribution is 5.96. The maximum atomic E-state index is 11.6. The summed E-state index contributed by atoms with van der Waals surface area (Å²) in [6.45, 7) is 6.90. The van der Waals surface area contributed by atoms with E-state index in [-0.39, 0.29) is 5.91 Å². The summed E-state index contributed by atoms with van der Waals surface area (Å²) in [5.41, 5.74) is -0.188. The Morgan fingerprint density at radius 3 is 2.59 bits per heavy atom. The van der Waals surface area contributed by atoms with Crippen molar-refractivity contribution in [3.05, 3.63) is 18.0 Å². The topological polar surface area (TPSA) is 84.1 Å². The molecule has 0 unspecified atom stereocenters. The van der Waals surface area contributed by atoms with E-state index in [4.69, 9.17) is 4.74 Å². The third-order valence-electron chi connectivity index (χ3n) is 1.87. The maximum absolute atomic E-state index is 11.6. The van der Waals surface area contributed by atoms with Gasteiger partial charge in [0.25, 0.3) is 5.91 Å². The van der Waals surface area contributed by atoms with Crippen molar-refractivity contribution < 1.29 is 14.3 Å². The summed E-state index contributed by atoms with van der Waals surface area (Å²) in [5.74, 6) is -0.827. The number of aromatic amines is 1. The molecule has 1 aromatic rings. The lowest BCUT2D eigenvalue weighted by Crippen LogP contribution is -2.42. The van der Waals surface area contributed by atoms with Crippen molar-refractivity contribution in [2.24, 2.45) is 0 Å². The minimum absolute atomic E-state index is 0.364. The van der Waals surface area contributed by atoms with Gasteiger partial charge in [0.1, 0.15) is 11.6 Å². The van der Waals surface area contributed by atoms with E-state index >= 15 is 0 Å². The first kappa shape index (κ1) is 13.2. The van der Waals surface area contributed by atoms with Gasteiger partial charge in [0.05, 0.1) is 11.8 Å². The van der Waals surface area contributed by atoms with Crippen LogP contribution in [0.2, 0.25) is 0 Å². The van der Waals surface area contributed by atoms with Gasteiger partial charge in [-0.2, -0.15) is 5.10 Å². The van der Waals surface area contributed by atoms with Crippen LogP contribution >= 0.6 is 0 Å². The first-order valence-corrected chi connectivity index (χ1v) is 5.32. The number of hydrogen-bond acceptors (Lipinski definition) is 4. The molecule has 0 aliphatic heterocycles. The van der Waals surface area contributed by atoms with Crippen molar-refractivity contribution >= 4 is 11.9 Å². The third-order valence-corrected chi connectivity index (χ3v) is 1.87. The molecule has 0 bridgehead atoms. The molecule has 0 aliphatic rings. The first-order chi connectivity index (χ1) is 7.79. The van der Waals surface area contributed by atoms with Crippen LogP contribution in [0.25, 0.3) is 0 Å². The summed E-state index contributed by atoms with van der Waals surface area (Å²) in [4.78, 5) is 23.2. The van der Waals surface area contributed by atoms with Gasteiger partial charge in [0.2, 0.25) is 0 Å². The van der Waals surface area contributed by atoms with Crippen LogP contribution in [0.3, 0.4) is 0 Å². The van der Waals surface area contributed by atoms with Crippen molar-refractivity contribution in [3.8, 4) is 0 Å². The van der Waals surface area contributed by atoms with E-state index in [0.29, 0.717) is 5.56 Å². The molecule has 0 aromatic carbocycles. The lowest BCUT2D eigenvalue weighted by Gasteiger charge is -2.22. The molecule has 17 heavy (non-hydrogen) atoms. The summed E-state index contributed by atoms with van der Waals surface area (Å²) in [7, 11) is 0. The molecule has 2 N–H and O–H groups in total. The highest BCUT2D eigenvalue weighted by Gasteiger charge is 2.23. The molecule has 1 heterocycles. The fourth-order valence-electron chi connectivity index (χ4n) is 1.10. The molecule has 1 rings (SSSR count). The van der Waals surface area contributed by atoms with Crippen molar-refractivity contribution in [1.82, 2.24) is 15.5 Å². The van der Waals surface area contributed by atoms with Crippen LogP contribution in [0.5, 0.6) is 0 Å². The van der Waals surface area contributed by atoms with E-state index in [9.17, 15) is 9.59 Å². The van der Waals surface area contributed by atoms with Gasteiger partial charge >= 0.3 is 5.97 Å². The zero-order valence-corrected chi connectivity index (χ0v) is 10.4. The Bertz CT molecular complexity index is 393. The van der Waals surface area contributed by atoms with Gasteiger partial charge in [-0.05, 0) is 27.7 Å². The van der Waals surface area contributed by atoms with Crippen molar-refractivity contribution in [3.63, 3.8) is 0 Å². The second-order valence-electron chi connectivity index (χ2n) is 4.72. The molecule has 0 aliphatic carbocycles. The molecule has 0 radical (unpaired) electrons. The standard InChI is InChI=1S/C11H17N3O3/c1-7(10(16)17-11(2,3)4)14-9(15)8-5-12-13-6-8/h5-7H,1-4H3,(H,12,13)(H,14,15)/t7-/m1/s1. The molecule has 94 valence electrons.